The van der Waals surface area contributed by atoms with Gasteiger partial charge in [-0.2, -0.15) is 0 Å². The Morgan fingerprint density at radius 3 is 2.72 bits per heavy atom. The van der Waals surface area contributed by atoms with Crippen LogP contribution in [0.1, 0.15) is 50.8 Å². The van der Waals surface area contributed by atoms with Gasteiger partial charge in [0.1, 0.15) is 5.82 Å². The van der Waals surface area contributed by atoms with Crippen molar-refractivity contribution in [3.05, 3.63) is 29.7 Å². The summed E-state index contributed by atoms with van der Waals surface area (Å²) in [6.07, 6.45) is 10.0. The number of hydrogen-bond donors (Lipinski definition) is 0. The van der Waals surface area contributed by atoms with Crippen molar-refractivity contribution in [3.8, 4) is 0 Å². The minimum Gasteiger partial charge on any atom is -0.343 e. The van der Waals surface area contributed by atoms with Gasteiger partial charge in [-0.15, -0.1) is 0 Å². The van der Waals surface area contributed by atoms with Crippen LogP contribution < -0.4 is 0 Å². The van der Waals surface area contributed by atoms with Crippen molar-refractivity contribution < 1.29 is 13.2 Å². The number of aromatic nitrogens is 2. The van der Waals surface area contributed by atoms with Crippen LogP contribution in [0, 0.1) is 5.92 Å². The molecule has 1 aromatic heterocycles. The SMILES string of the molecule is CCCCn1ccnc1C1CCN(C(=O)C[C@@H]2C=CS(=O)(=O)C2)CC1. The molecule has 0 N–H and O–H groups in total. The number of carbonyl (C=O) groups excluding carboxylic acids is 1. The number of rotatable bonds is 6. The molecular weight excluding hydrogens is 338 g/mol. The van der Waals surface area contributed by atoms with Crippen molar-refractivity contribution in [1.29, 1.82) is 0 Å². The van der Waals surface area contributed by atoms with Crippen molar-refractivity contribution in [2.24, 2.45) is 5.92 Å². The summed E-state index contributed by atoms with van der Waals surface area (Å²) in [7, 11) is -3.09. The highest BCUT2D eigenvalue weighted by Gasteiger charge is 2.29. The van der Waals surface area contributed by atoms with Crippen LogP contribution in [-0.4, -0.2) is 47.6 Å². The Hall–Kier alpha value is -1.63. The van der Waals surface area contributed by atoms with Gasteiger partial charge in [-0.05, 0) is 19.3 Å². The number of hydrogen-bond acceptors (Lipinski definition) is 4. The summed E-state index contributed by atoms with van der Waals surface area (Å²) < 4.78 is 25.2. The quantitative estimate of drug-likeness (QED) is 0.776. The summed E-state index contributed by atoms with van der Waals surface area (Å²) in [5.74, 6) is 1.53. The van der Waals surface area contributed by atoms with Crippen molar-refractivity contribution in [2.75, 3.05) is 18.8 Å². The van der Waals surface area contributed by atoms with Crippen LogP contribution in [0.25, 0.3) is 0 Å². The molecule has 0 unspecified atom stereocenters. The lowest BCUT2D eigenvalue weighted by molar-refractivity contribution is -0.132. The van der Waals surface area contributed by atoms with Gasteiger partial charge in [0.2, 0.25) is 5.91 Å². The van der Waals surface area contributed by atoms with E-state index in [9.17, 15) is 13.2 Å². The Balaban J connectivity index is 1.51. The molecule has 1 atom stereocenters. The van der Waals surface area contributed by atoms with E-state index in [-0.39, 0.29) is 17.6 Å². The molecule has 2 aliphatic rings. The van der Waals surface area contributed by atoms with Gasteiger partial charge in [-0.25, -0.2) is 13.4 Å². The van der Waals surface area contributed by atoms with Crippen LogP contribution in [0.3, 0.4) is 0 Å². The highest BCUT2D eigenvalue weighted by Crippen LogP contribution is 2.28. The monoisotopic (exact) mass is 365 g/mol. The third-order valence-electron chi connectivity index (χ3n) is 5.15. The molecule has 1 fully saturated rings. The number of likely N-dealkylation sites (tertiary alicyclic amines) is 1. The third kappa shape index (κ3) is 4.51. The molecule has 3 rings (SSSR count). The van der Waals surface area contributed by atoms with Gasteiger partial charge in [0.05, 0.1) is 5.75 Å². The average Bonchev–Trinajstić information content (AvgIpc) is 3.19. The highest BCUT2D eigenvalue weighted by atomic mass is 32.2. The highest BCUT2D eigenvalue weighted by molar-refractivity contribution is 7.94. The fraction of sp³-hybridized carbons (Fsp3) is 0.667. The fourth-order valence-corrected chi connectivity index (χ4v) is 5.10. The van der Waals surface area contributed by atoms with Gasteiger partial charge in [0.15, 0.2) is 9.84 Å². The molecule has 6 nitrogen and oxygen atoms in total. The summed E-state index contributed by atoms with van der Waals surface area (Å²) in [5, 5.41) is 1.24. The maximum absolute atomic E-state index is 12.4. The number of sulfone groups is 1. The molecule has 1 amide bonds. The van der Waals surface area contributed by atoms with E-state index >= 15 is 0 Å². The van der Waals surface area contributed by atoms with E-state index in [1.165, 1.54) is 5.41 Å². The minimum atomic E-state index is -3.09. The maximum atomic E-state index is 12.4. The molecule has 2 aliphatic heterocycles. The zero-order chi connectivity index (χ0) is 17.9. The number of imidazole rings is 1. The van der Waals surface area contributed by atoms with E-state index in [0.29, 0.717) is 12.3 Å². The molecule has 0 spiro atoms. The smallest absolute Gasteiger partial charge is 0.223 e. The molecule has 0 aliphatic carbocycles. The topological polar surface area (TPSA) is 72.3 Å². The Bertz CT molecular complexity index is 731. The molecule has 25 heavy (non-hydrogen) atoms. The first-order valence-electron chi connectivity index (χ1n) is 9.18. The molecule has 0 aromatic carbocycles. The summed E-state index contributed by atoms with van der Waals surface area (Å²) in [4.78, 5) is 18.9. The van der Waals surface area contributed by atoms with Gasteiger partial charge in [-0.3, -0.25) is 4.79 Å². The number of allylic oxidation sites excluding steroid dienone is 1. The lowest BCUT2D eigenvalue weighted by Gasteiger charge is -2.32. The van der Waals surface area contributed by atoms with E-state index in [0.717, 1.165) is 51.1 Å². The van der Waals surface area contributed by atoms with Gasteiger partial charge in [0, 0.05) is 55.7 Å². The normalized spacial score (nSPS) is 23.2. The number of nitrogens with zero attached hydrogens (tertiary/aromatic N) is 3. The van der Waals surface area contributed by atoms with Crippen LogP contribution in [0.15, 0.2) is 23.9 Å². The maximum Gasteiger partial charge on any atom is 0.223 e. The Labute approximate surface area is 149 Å². The van der Waals surface area contributed by atoms with Crippen molar-refractivity contribution >= 4 is 15.7 Å². The van der Waals surface area contributed by atoms with Crippen LogP contribution in [-0.2, 0) is 21.2 Å². The molecule has 138 valence electrons. The first kappa shape index (κ1) is 18.2. The van der Waals surface area contributed by atoms with E-state index in [4.69, 9.17) is 0 Å². The fourth-order valence-electron chi connectivity index (χ4n) is 3.71. The van der Waals surface area contributed by atoms with E-state index in [1.807, 2.05) is 11.1 Å². The largest absolute Gasteiger partial charge is 0.343 e. The zero-order valence-electron chi connectivity index (χ0n) is 14.8. The predicted molar refractivity (Wildman–Crippen MR) is 96.7 cm³/mol. The van der Waals surface area contributed by atoms with Crippen molar-refractivity contribution in [3.63, 3.8) is 0 Å². The Kier molecular flexibility index (Phi) is 5.61. The molecule has 0 saturated carbocycles. The molecule has 0 bridgehead atoms. The first-order chi connectivity index (χ1) is 12.0. The van der Waals surface area contributed by atoms with Crippen LogP contribution >= 0.6 is 0 Å². The summed E-state index contributed by atoms with van der Waals surface area (Å²) in [6.45, 7) is 4.65. The second-order valence-electron chi connectivity index (χ2n) is 7.11. The summed E-state index contributed by atoms with van der Waals surface area (Å²) >= 11 is 0. The van der Waals surface area contributed by atoms with E-state index < -0.39 is 9.84 Å². The van der Waals surface area contributed by atoms with E-state index in [2.05, 4.69) is 22.7 Å². The number of aryl methyl sites for hydroxylation is 1. The van der Waals surface area contributed by atoms with Crippen molar-refractivity contribution in [1.82, 2.24) is 14.5 Å². The number of amides is 1. The number of carbonyl (C=O) groups is 1. The van der Waals surface area contributed by atoms with E-state index in [1.54, 1.807) is 6.08 Å². The standard InChI is InChI=1S/C18H27N3O3S/c1-2-3-8-21-11-7-19-18(21)16-4-9-20(10-5-16)17(22)13-15-6-12-25(23,24)14-15/h6-7,11-12,15-16H,2-5,8-10,13-14H2,1H3/t15-/m0/s1. The summed E-state index contributed by atoms with van der Waals surface area (Å²) in [6, 6.07) is 0. The first-order valence-corrected chi connectivity index (χ1v) is 10.9. The zero-order valence-corrected chi connectivity index (χ0v) is 15.6. The Morgan fingerprint density at radius 2 is 2.08 bits per heavy atom. The molecule has 7 heteroatoms. The summed E-state index contributed by atoms with van der Waals surface area (Å²) in [5.41, 5.74) is 0. The van der Waals surface area contributed by atoms with Gasteiger partial charge in [-0.1, -0.05) is 19.4 Å². The van der Waals surface area contributed by atoms with Gasteiger partial charge in [0.25, 0.3) is 0 Å². The van der Waals surface area contributed by atoms with Gasteiger partial charge >= 0.3 is 0 Å². The molecular formula is C18H27N3O3S. The number of unbranched alkanes of at least 4 members (excludes halogenated alkanes) is 1. The van der Waals surface area contributed by atoms with Crippen LogP contribution in [0.4, 0.5) is 0 Å². The average molecular weight is 365 g/mol. The van der Waals surface area contributed by atoms with Crippen molar-refractivity contribution in [2.45, 2.75) is 51.5 Å². The molecule has 3 heterocycles. The Morgan fingerprint density at radius 1 is 1.32 bits per heavy atom. The second-order valence-corrected chi connectivity index (χ2v) is 9.04. The van der Waals surface area contributed by atoms with Crippen LogP contribution in [0.5, 0.6) is 0 Å². The molecule has 1 saturated heterocycles. The van der Waals surface area contributed by atoms with Crippen LogP contribution in [0.2, 0.25) is 0 Å². The number of piperidine rings is 1. The second kappa shape index (κ2) is 7.72. The molecule has 1 aromatic rings. The predicted octanol–water partition coefficient (Wildman–Crippen LogP) is 2.34. The minimum absolute atomic E-state index is 0.0690. The lowest BCUT2D eigenvalue weighted by Crippen LogP contribution is -2.39. The molecule has 0 radical (unpaired) electrons. The van der Waals surface area contributed by atoms with Gasteiger partial charge < -0.3 is 9.47 Å². The third-order valence-corrected chi connectivity index (χ3v) is 6.62. The lowest BCUT2D eigenvalue weighted by atomic mass is 9.95.